The number of rotatable bonds is 4. The van der Waals surface area contributed by atoms with Crippen LogP contribution in [0.15, 0.2) is 30.3 Å². The van der Waals surface area contributed by atoms with Crippen molar-refractivity contribution in [3.8, 4) is 0 Å². The Bertz CT molecular complexity index is 480. The Labute approximate surface area is 131 Å². The maximum Gasteiger partial charge on any atom is 0.250 e. The van der Waals surface area contributed by atoms with E-state index in [0.29, 0.717) is 19.7 Å². The summed E-state index contributed by atoms with van der Waals surface area (Å²) in [4.78, 5) is 12.3. The second-order valence-electron chi connectivity index (χ2n) is 6.04. The third-order valence-corrected chi connectivity index (χ3v) is 4.66. The second kappa shape index (κ2) is 7.22. The highest BCUT2D eigenvalue weighted by molar-refractivity contribution is 5.81. The molecule has 1 unspecified atom stereocenters. The van der Waals surface area contributed by atoms with Gasteiger partial charge in [0.1, 0.15) is 6.10 Å². The van der Waals surface area contributed by atoms with Gasteiger partial charge in [-0.25, -0.2) is 0 Å². The highest BCUT2D eigenvalue weighted by atomic mass is 16.5. The van der Waals surface area contributed by atoms with Crippen molar-refractivity contribution in [3.63, 3.8) is 0 Å². The summed E-state index contributed by atoms with van der Waals surface area (Å²) in [6.07, 6.45) is 1.49. The SMILES string of the molecule is O=C(NCC1(c2ccccc2)CCOCC1)C1CNCCO1. The number of ether oxygens (including phenoxy) is 2. The summed E-state index contributed by atoms with van der Waals surface area (Å²) in [5.74, 6) is -0.0194. The van der Waals surface area contributed by atoms with Crippen molar-refractivity contribution in [2.45, 2.75) is 24.4 Å². The summed E-state index contributed by atoms with van der Waals surface area (Å²) >= 11 is 0. The van der Waals surface area contributed by atoms with E-state index >= 15 is 0 Å². The van der Waals surface area contributed by atoms with Crippen LogP contribution in [-0.4, -0.2) is 51.5 Å². The lowest BCUT2D eigenvalue weighted by Gasteiger charge is -2.38. The molecule has 1 aromatic rings. The van der Waals surface area contributed by atoms with Crippen LogP contribution in [0.4, 0.5) is 0 Å². The third-order valence-electron chi connectivity index (χ3n) is 4.66. The standard InChI is InChI=1S/C17H24N2O3/c20-16(15-12-18-8-11-22-15)19-13-17(6-9-21-10-7-17)14-4-2-1-3-5-14/h1-5,15,18H,6-13H2,(H,19,20). The van der Waals surface area contributed by atoms with Gasteiger partial charge in [-0.2, -0.15) is 0 Å². The predicted molar refractivity (Wildman–Crippen MR) is 83.8 cm³/mol. The molecule has 22 heavy (non-hydrogen) atoms. The van der Waals surface area contributed by atoms with Crippen LogP contribution in [0.1, 0.15) is 18.4 Å². The number of benzene rings is 1. The van der Waals surface area contributed by atoms with Crippen molar-refractivity contribution < 1.29 is 14.3 Å². The van der Waals surface area contributed by atoms with Gasteiger partial charge in [-0.1, -0.05) is 30.3 Å². The van der Waals surface area contributed by atoms with E-state index in [2.05, 4.69) is 34.9 Å². The van der Waals surface area contributed by atoms with Crippen molar-refractivity contribution in [3.05, 3.63) is 35.9 Å². The smallest absolute Gasteiger partial charge is 0.250 e. The molecule has 1 aromatic carbocycles. The largest absolute Gasteiger partial charge is 0.381 e. The van der Waals surface area contributed by atoms with Crippen molar-refractivity contribution in [2.75, 3.05) is 39.5 Å². The van der Waals surface area contributed by atoms with Gasteiger partial charge in [0.05, 0.1) is 6.61 Å². The van der Waals surface area contributed by atoms with Gasteiger partial charge in [-0.3, -0.25) is 4.79 Å². The Morgan fingerprint density at radius 3 is 2.68 bits per heavy atom. The topological polar surface area (TPSA) is 59.6 Å². The number of amides is 1. The Hall–Kier alpha value is -1.43. The first-order valence-electron chi connectivity index (χ1n) is 8.03. The summed E-state index contributed by atoms with van der Waals surface area (Å²) in [7, 11) is 0. The van der Waals surface area contributed by atoms with Gasteiger partial charge in [0.2, 0.25) is 5.91 Å². The summed E-state index contributed by atoms with van der Waals surface area (Å²) < 4.78 is 11.0. The van der Waals surface area contributed by atoms with Gasteiger partial charge in [-0.05, 0) is 18.4 Å². The maximum atomic E-state index is 12.3. The van der Waals surface area contributed by atoms with E-state index in [1.54, 1.807) is 0 Å². The lowest BCUT2D eigenvalue weighted by Crippen LogP contribution is -2.51. The van der Waals surface area contributed by atoms with Gasteiger partial charge < -0.3 is 20.1 Å². The normalized spacial score (nSPS) is 24.6. The summed E-state index contributed by atoms with van der Waals surface area (Å²) in [6.45, 7) is 4.12. The molecule has 5 heteroatoms. The average molecular weight is 304 g/mol. The minimum Gasteiger partial charge on any atom is -0.381 e. The average Bonchev–Trinajstić information content (AvgIpc) is 2.62. The fourth-order valence-electron chi connectivity index (χ4n) is 3.23. The van der Waals surface area contributed by atoms with Gasteiger partial charge >= 0.3 is 0 Å². The molecule has 2 saturated heterocycles. The molecule has 0 aromatic heterocycles. The zero-order valence-corrected chi connectivity index (χ0v) is 12.8. The highest BCUT2D eigenvalue weighted by Crippen LogP contribution is 2.34. The van der Waals surface area contributed by atoms with Gasteiger partial charge in [0.25, 0.3) is 0 Å². The minimum atomic E-state index is -0.374. The molecule has 2 aliphatic rings. The van der Waals surface area contributed by atoms with Crippen LogP contribution in [0.25, 0.3) is 0 Å². The first-order chi connectivity index (χ1) is 10.8. The van der Waals surface area contributed by atoms with E-state index in [1.165, 1.54) is 5.56 Å². The lowest BCUT2D eigenvalue weighted by molar-refractivity contribution is -0.134. The zero-order valence-electron chi connectivity index (χ0n) is 12.8. The molecule has 0 radical (unpaired) electrons. The minimum absolute atomic E-state index is 0.0194. The Kier molecular flexibility index (Phi) is 5.08. The fourth-order valence-corrected chi connectivity index (χ4v) is 3.23. The van der Waals surface area contributed by atoms with Crippen LogP contribution < -0.4 is 10.6 Å². The highest BCUT2D eigenvalue weighted by Gasteiger charge is 2.35. The molecule has 1 atom stereocenters. The summed E-state index contributed by atoms with van der Waals surface area (Å²) in [5, 5.41) is 6.29. The first kappa shape index (κ1) is 15.5. The first-order valence-corrected chi connectivity index (χ1v) is 8.03. The van der Waals surface area contributed by atoms with Gasteiger partial charge in [-0.15, -0.1) is 0 Å². The number of nitrogens with one attached hydrogen (secondary N) is 2. The number of hydrogen-bond acceptors (Lipinski definition) is 4. The quantitative estimate of drug-likeness (QED) is 0.865. The Balaban J connectivity index is 1.67. The molecule has 1 amide bonds. The molecule has 120 valence electrons. The third kappa shape index (κ3) is 3.48. The molecule has 2 heterocycles. The molecule has 0 bridgehead atoms. The van der Waals surface area contributed by atoms with Crippen LogP contribution in [-0.2, 0) is 19.7 Å². The molecule has 0 spiro atoms. The van der Waals surface area contributed by atoms with E-state index < -0.39 is 0 Å². The summed E-state index contributed by atoms with van der Waals surface area (Å²) in [6, 6.07) is 10.4. The van der Waals surface area contributed by atoms with Crippen molar-refractivity contribution in [1.82, 2.24) is 10.6 Å². The fraction of sp³-hybridized carbons (Fsp3) is 0.588. The van der Waals surface area contributed by atoms with Gasteiger partial charge in [0.15, 0.2) is 0 Å². The number of morpholine rings is 1. The number of carbonyl (C=O) groups excluding carboxylic acids is 1. The molecule has 2 fully saturated rings. The molecular formula is C17H24N2O3. The molecule has 0 saturated carbocycles. The number of hydrogen-bond donors (Lipinski definition) is 2. The van der Waals surface area contributed by atoms with Crippen LogP contribution in [0.5, 0.6) is 0 Å². The predicted octanol–water partition coefficient (Wildman–Crippen LogP) is 0.839. The summed E-state index contributed by atoms with van der Waals surface area (Å²) in [5.41, 5.74) is 1.25. The van der Waals surface area contributed by atoms with Crippen LogP contribution in [0.3, 0.4) is 0 Å². The molecule has 0 aliphatic carbocycles. The molecule has 2 aliphatic heterocycles. The second-order valence-corrected chi connectivity index (χ2v) is 6.04. The van der Waals surface area contributed by atoms with E-state index in [9.17, 15) is 4.79 Å². The van der Waals surface area contributed by atoms with Crippen LogP contribution >= 0.6 is 0 Å². The number of carbonyl (C=O) groups is 1. The van der Waals surface area contributed by atoms with E-state index in [-0.39, 0.29) is 17.4 Å². The molecule has 2 N–H and O–H groups in total. The maximum absolute atomic E-state index is 12.3. The molecular weight excluding hydrogens is 280 g/mol. The van der Waals surface area contributed by atoms with Crippen molar-refractivity contribution in [1.29, 1.82) is 0 Å². The van der Waals surface area contributed by atoms with E-state index in [1.807, 2.05) is 6.07 Å². The molecule has 3 rings (SSSR count). The van der Waals surface area contributed by atoms with Crippen molar-refractivity contribution >= 4 is 5.91 Å². The van der Waals surface area contributed by atoms with Gasteiger partial charge in [0, 0.05) is 38.3 Å². The van der Waals surface area contributed by atoms with Crippen LogP contribution in [0.2, 0.25) is 0 Å². The Morgan fingerprint density at radius 2 is 2.00 bits per heavy atom. The monoisotopic (exact) mass is 304 g/mol. The Morgan fingerprint density at radius 1 is 1.23 bits per heavy atom. The zero-order chi connectivity index (χ0) is 15.3. The van der Waals surface area contributed by atoms with Crippen LogP contribution in [0, 0.1) is 0 Å². The molecule has 5 nitrogen and oxygen atoms in total. The van der Waals surface area contributed by atoms with Crippen molar-refractivity contribution in [2.24, 2.45) is 0 Å². The van der Waals surface area contributed by atoms with E-state index in [4.69, 9.17) is 9.47 Å². The lowest BCUT2D eigenvalue weighted by atomic mass is 9.74. The van der Waals surface area contributed by atoms with E-state index in [0.717, 1.165) is 32.6 Å².